The average molecular weight is 439 g/mol. The quantitative estimate of drug-likeness (QED) is 0.501. The highest BCUT2D eigenvalue weighted by Gasteiger charge is 2.34. The second kappa shape index (κ2) is 8.75. The van der Waals surface area contributed by atoms with Crippen molar-refractivity contribution in [1.29, 1.82) is 0 Å². The van der Waals surface area contributed by atoms with E-state index in [4.69, 9.17) is 12.2 Å². The van der Waals surface area contributed by atoms with E-state index in [1.54, 1.807) is 7.05 Å². The fraction of sp³-hybridized carbons (Fsp3) is 0.421. The molecule has 2 heterocycles. The van der Waals surface area contributed by atoms with Crippen molar-refractivity contribution in [3.8, 4) is 0 Å². The molecule has 2 amide bonds. The summed E-state index contributed by atoms with van der Waals surface area (Å²) in [7, 11) is -1.38. The Morgan fingerprint density at radius 1 is 1.36 bits per heavy atom. The summed E-state index contributed by atoms with van der Waals surface area (Å²) in [5.74, 6) is -0.0673. The number of carbonyl (C=O) groups excluding carboxylic acids is 2. The van der Waals surface area contributed by atoms with E-state index in [-0.39, 0.29) is 35.8 Å². The highest BCUT2D eigenvalue weighted by Crippen LogP contribution is 2.32. The molecule has 0 N–H and O–H groups in total. The van der Waals surface area contributed by atoms with Gasteiger partial charge in [0.2, 0.25) is 5.91 Å². The van der Waals surface area contributed by atoms with Gasteiger partial charge in [0.1, 0.15) is 4.32 Å². The van der Waals surface area contributed by atoms with Gasteiger partial charge in [-0.3, -0.25) is 14.5 Å². The fourth-order valence-electron chi connectivity index (χ4n) is 3.24. The molecule has 0 bridgehead atoms. The van der Waals surface area contributed by atoms with Gasteiger partial charge in [-0.25, -0.2) is 8.42 Å². The van der Waals surface area contributed by atoms with Crippen LogP contribution in [-0.2, 0) is 19.4 Å². The second-order valence-corrected chi connectivity index (χ2v) is 10.8. The maximum absolute atomic E-state index is 12.6. The summed E-state index contributed by atoms with van der Waals surface area (Å²) in [5, 5.41) is 0. The Morgan fingerprint density at radius 2 is 2.07 bits per heavy atom. The van der Waals surface area contributed by atoms with E-state index in [0.717, 1.165) is 5.56 Å². The lowest BCUT2D eigenvalue weighted by Gasteiger charge is -2.24. The SMILES string of the molecule is CN(C(=O)CCCN1C(=O)C(=Cc2ccccc2)SC1=S)C1CCS(=O)(=O)C1. The van der Waals surface area contributed by atoms with Crippen LogP contribution < -0.4 is 0 Å². The molecular weight excluding hydrogens is 416 g/mol. The number of sulfone groups is 1. The first-order chi connectivity index (χ1) is 13.3. The van der Waals surface area contributed by atoms with Crippen molar-refractivity contribution in [2.24, 2.45) is 0 Å². The van der Waals surface area contributed by atoms with Gasteiger partial charge >= 0.3 is 0 Å². The predicted molar refractivity (Wildman–Crippen MR) is 115 cm³/mol. The molecule has 0 spiro atoms. The van der Waals surface area contributed by atoms with Crippen molar-refractivity contribution in [2.75, 3.05) is 25.1 Å². The molecule has 1 aromatic carbocycles. The lowest BCUT2D eigenvalue weighted by Crippen LogP contribution is -2.38. The van der Waals surface area contributed by atoms with Gasteiger partial charge in [-0.15, -0.1) is 0 Å². The molecule has 0 aliphatic carbocycles. The Balaban J connectivity index is 1.52. The molecule has 1 aromatic rings. The smallest absolute Gasteiger partial charge is 0.266 e. The van der Waals surface area contributed by atoms with Gasteiger partial charge in [0.15, 0.2) is 9.84 Å². The third-order valence-corrected chi connectivity index (χ3v) is 8.02. The number of rotatable bonds is 6. The molecule has 2 saturated heterocycles. The van der Waals surface area contributed by atoms with E-state index in [9.17, 15) is 18.0 Å². The van der Waals surface area contributed by atoms with Crippen molar-refractivity contribution >= 4 is 56.0 Å². The van der Waals surface area contributed by atoms with Crippen molar-refractivity contribution < 1.29 is 18.0 Å². The first kappa shape index (κ1) is 21.0. The maximum atomic E-state index is 12.6. The lowest BCUT2D eigenvalue weighted by molar-refractivity contribution is -0.132. The highest BCUT2D eigenvalue weighted by atomic mass is 32.2. The number of hydrogen-bond acceptors (Lipinski definition) is 6. The van der Waals surface area contributed by atoms with E-state index >= 15 is 0 Å². The van der Waals surface area contributed by atoms with Gasteiger partial charge in [-0.05, 0) is 24.5 Å². The van der Waals surface area contributed by atoms with E-state index in [1.807, 2.05) is 36.4 Å². The normalized spacial score (nSPS) is 22.8. The molecule has 0 saturated carbocycles. The van der Waals surface area contributed by atoms with Crippen molar-refractivity contribution in [2.45, 2.75) is 25.3 Å². The van der Waals surface area contributed by atoms with Crippen LogP contribution >= 0.6 is 24.0 Å². The van der Waals surface area contributed by atoms with Gasteiger partial charge in [0.05, 0.1) is 16.4 Å². The first-order valence-electron chi connectivity index (χ1n) is 9.03. The van der Waals surface area contributed by atoms with Crippen LogP contribution in [0.25, 0.3) is 6.08 Å². The summed E-state index contributed by atoms with van der Waals surface area (Å²) < 4.78 is 23.7. The van der Waals surface area contributed by atoms with Crippen molar-refractivity contribution in [3.63, 3.8) is 0 Å². The Hall–Kier alpha value is -1.71. The van der Waals surface area contributed by atoms with Crippen molar-refractivity contribution in [1.82, 2.24) is 9.80 Å². The third kappa shape index (κ3) is 5.01. The van der Waals surface area contributed by atoms with E-state index in [1.165, 1.54) is 21.6 Å². The summed E-state index contributed by atoms with van der Waals surface area (Å²) in [6.07, 6.45) is 3.04. The fourth-order valence-corrected chi connectivity index (χ4v) is 6.33. The topological polar surface area (TPSA) is 74.8 Å². The van der Waals surface area contributed by atoms with Crippen LogP contribution in [0.1, 0.15) is 24.8 Å². The van der Waals surface area contributed by atoms with E-state index in [0.29, 0.717) is 28.6 Å². The minimum Gasteiger partial charge on any atom is -0.342 e. The average Bonchev–Trinajstić information content (AvgIpc) is 3.15. The Morgan fingerprint density at radius 3 is 2.71 bits per heavy atom. The highest BCUT2D eigenvalue weighted by molar-refractivity contribution is 8.26. The molecule has 1 atom stereocenters. The summed E-state index contributed by atoms with van der Waals surface area (Å²) in [5.41, 5.74) is 0.936. The molecule has 9 heteroatoms. The Bertz CT molecular complexity index is 912. The molecule has 6 nitrogen and oxygen atoms in total. The summed E-state index contributed by atoms with van der Waals surface area (Å²) in [6.45, 7) is 0.374. The number of carbonyl (C=O) groups is 2. The summed E-state index contributed by atoms with van der Waals surface area (Å²) in [4.78, 5) is 28.6. The van der Waals surface area contributed by atoms with Crippen LogP contribution in [0.2, 0.25) is 0 Å². The molecule has 28 heavy (non-hydrogen) atoms. The molecule has 0 radical (unpaired) electrons. The number of amides is 2. The molecule has 0 aromatic heterocycles. The summed E-state index contributed by atoms with van der Waals surface area (Å²) >= 11 is 6.59. The molecule has 150 valence electrons. The molecule has 3 rings (SSSR count). The monoisotopic (exact) mass is 438 g/mol. The zero-order valence-corrected chi connectivity index (χ0v) is 18.0. The van der Waals surface area contributed by atoms with Crippen LogP contribution in [0.4, 0.5) is 0 Å². The molecular formula is C19H22N2O4S3. The number of thioether (sulfide) groups is 1. The van der Waals surface area contributed by atoms with Gasteiger partial charge in [0.25, 0.3) is 5.91 Å². The molecule has 2 fully saturated rings. The Labute approximate surface area is 174 Å². The molecule has 2 aliphatic heterocycles. The molecule has 1 unspecified atom stereocenters. The van der Waals surface area contributed by atoms with Gasteiger partial charge < -0.3 is 4.90 Å². The van der Waals surface area contributed by atoms with Crippen LogP contribution in [0.15, 0.2) is 35.2 Å². The Kier molecular flexibility index (Phi) is 6.57. The zero-order chi connectivity index (χ0) is 20.3. The second-order valence-electron chi connectivity index (χ2n) is 6.91. The van der Waals surface area contributed by atoms with Crippen molar-refractivity contribution in [3.05, 3.63) is 40.8 Å². The number of hydrogen-bond donors (Lipinski definition) is 0. The number of benzene rings is 1. The van der Waals surface area contributed by atoms with Crippen LogP contribution in [0, 0.1) is 0 Å². The standard InChI is InChI=1S/C19H22N2O4S3/c1-20(15-9-11-28(24,25)13-15)17(22)8-5-10-21-18(23)16(27-19(21)26)12-14-6-3-2-4-7-14/h2-4,6-7,12,15H,5,8-11,13H2,1H3. The minimum atomic E-state index is -3.03. The predicted octanol–water partition coefficient (Wildman–Crippen LogP) is 2.31. The minimum absolute atomic E-state index is 0.0359. The number of nitrogens with zero attached hydrogens (tertiary/aromatic N) is 2. The van der Waals surface area contributed by atoms with E-state index in [2.05, 4.69) is 0 Å². The van der Waals surface area contributed by atoms with Gasteiger partial charge in [-0.1, -0.05) is 54.3 Å². The van der Waals surface area contributed by atoms with Crippen LogP contribution in [0.3, 0.4) is 0 Å². The van der Waals surface area contributed by atoms with E-state index < -0.39 is 9.84 Å². The summed E-state index contributed by atoms with van der Waals surface area (Å²) in [6, 6.07) is 9.32. The number of thiocarbonyl (C=S) groups is 1. The van der Waals surface area contributed by atoms with Gasteiger partial charge in [-0.2, -0.15) is 0 Å². The molecule has 2 aliphatic rings. The lowest BCUT2D eigenvalue weighted by atomic mass is 10.2. The first-order valence-corrected chi connectivity index (χ1v) is 12.1. The van der Waals surface area contributed by atoms with Crippen LogP contribution in [-0.4, -0.2) is 65.5 Å². The maximum Gasteiger partial charge on any atom is 0.266 e. The zero-order valence-electron chi connectivity index (χ0n) is 15.5. The largest absolute Gasteiger partial charge is 0.342 e. The third-order valence-electron chi connectivity index (χ3n) is 4.89. The van der Waals surface area contributed by atoms with Crippen LogP contribution in [0.5, 0.6) is 0 Å². The van der Waals surface area contributed by atoms with Gasteiger partial charge in [0, 0.05) is 26.1 Å².